The Morgan fingerprint density at radius 1 is 0.955 bits per heavy atom. The van der Waals surface area contributed by atoms with Gasteiger partial charge in [-0.1, -0.05) is 48.6 Å². The molecule has 1 N–H and O–H groups in total. The van der Waals surface area contributed by atoms with Gasteiger partial charge in [0.15, 0.2) is 0 Å². The zero-order chi connectivity index (χ0) is 15.8. The van der Waals surface area contributed by atoms with Crippen LogP contribution in [-0.2, 0) is 0 Å². The summed E-state index contributed by atoms with van der Waals surface area (Å²) in [5.74, 6) is 1.04. The van der Waals surface area contributed by atoms with Gasteiger partial charge < -0.3 is 0 Å². The minimum absolute atomic E-state index is 1.04. The first-order valence-corrected chi connectivity index (χ1v) is 7.49. The molecule has 0 aliphatic rings. The summed E-state index contributed by atoms with van der Waals surface area (Å²) < 4.78 is 2.15. The monoisotopic (exact) mass is 291 g/mol. The number of amidine groups is 1. The molecule has 22 heavy (non-hydrogen) atoms. The molecule has 0 amide bonds. The highest BCUT2D eigenvalue weighted by Gasteiger charge is 2.10. The second kappa shape index (κ2) is 7.99. The lowest BCUT2D eigenvalue weighted by molar-refractivity contribution is -0.404. The molecular formula is C20H23N2+. The van der Waals surface area contributed by atoms with Crippen LogP contribution in [0.15, 0.2) is 84.5 Å². The van der Waals surface area contributed by atoms with E-state index in [2.05, 4.69) is 78.5 Å². The van der Waals surface area contributed by atoms with Crippen molar-refractivity contribution in [3.63, 3.8) is 0 Å². The van der Waals surface area contributed by atoms with Gasteiger partial charge in [-0.05, 0) is 43.7 Å². The Morgan fingerprint density at radius 2 is 1.55 bits per heavy atom. The third kappa shape index (κ3) is 4.45. The first-order chi connectivity index (χ1) is 10.7. The van der Waals surface area contributed by atoms with E-state index in [1.54, 1.807) is 0 Å². The van der Waals surface area contributed by atoms with Gasteiger partial charge in [0.2, 0.25) is 0 Å². The average molecular weight is 291 g/mol. The summed E-state index contributed by atoms with van der Waals surface area (Å²) in [6.45, 7) is 4.13. The largest absolute Gasteiger partial charge is 0.279 e. The molecule has 0 aliphatic heterocycles. The van der Waals surface area contributed by atoms with Gasteiger partial charge in [-0.25, -0.2) is 9.89 Å². The lowest BCUT2D eigenvalue weighted by atomic mass is 10.2. The Morgan fingerprint density at radius 3 is 2.14 bits per heavy atom. The minimum atomic E-state index is 1.04. The molecule has 0 spiro atoms. The van der Waals surface area contributed by atoms with Crippen LogP contribution in [0.1, 0.15) is 13.8 Å². The number of anilines is 1. The quantitative estimate of drug-likeness (QED) is 0.363. The molecule has 0 atom stereocenters. The molecule has 2 aromatic rings. The van der Waals surface area contributed by atoms with Crippen molar-refractivity contribution in [3.05, 3.63) is 84.5 Å². The van der Waals surface area contributed by atoms with Gasteiger partial charge in [-0.2, -0.15) is 0 Å². The highest BCUT2D eigenvalue weighted by molar-refractivity contribution is 6.01. The fourth-order valence-corrected chi connectivity index (χ4v) is 2.20. The zero-order valence-electron chi connectivity index (χ0n) is 13.5. The van der Waals surface area contributed by atoms with Crippen molar-refractivity contribution >= 4 is 17.2 Å². The van der Waals surface area contributed by atoms with E-state index in [1.807, 2.05) is 31.2 Å². The van der Waals surface area contributed by atoms with Crippen LogP contribution in [0.4, 0.5) is 11.4 Å². The van der Waals surface area contributed by atoms with Gasteiger partial charge >= 0.3 is 0 Å². The Hall–Kier alpha value is -2.61. The van der Waals surface area contributed by atoms with Crippen molar-refractivity contribution in [2.75, 3.05) is 12.4 Å². The number of hydrogen-bond donors (Lipinski definition) is 1. The van der Waals surface area contributed by atoms with E-state index in [-0.39, 0.29) is 0 Å². The van der Waals surface area contributed by atoms with Crippen molar-refractivity contribution in [3.8, 4) is 0 Å². The number of para-hydroxylation sites is 2. The van der Waals surface area contributed by atoms with Gasteiger partial charge in [0, 0.05) is 6.08 Å². The van der Waals surface area contributed by atoms with Crippen LogP contribution >= 0.6 is 0 Å². The van der Waals surface area contributed by atoms with Crippen LogP contribution in [0.2, 0.25) is 0 Å². The summed E-state index contributed by atoms with van der Waals surface area (Å²) in [5, 5.41) is 3.50. The van der Waals surface area contributed by atoms with Crippen LogP contribution in [-0.4, -0.2) is 17.5 Å². The Labute approximate surface area is 133 Å². The summed E-state index contributed by atoms with van der Waals surface area (Å²) in [5.41, 5.74) is 3.42. The molecule has 0 saturated carbocycles. The van der Waals surface area contributed by atoms with E-state index < -0.39 is 0 Å². The second-order valence-corrected chi connectivity index (χ2v) is 5.16. The Balaban J connectivity index is 2.43. The molecule has 0 saturated heterocycles. The molecule has 2 nitrogen and oxygen atoms in total. The summed E-state index contributed by atoms with van der Waals surface area (Å²) in [6.07, 6.45) is 6.31. The molecule has 0 radical (unpaired) electrons. The normalized spacial score (nSPS) is 13.1. The SMILES string of the molecule is CC=CC(C)=CC(Nc1ccccc1)=[N+](C)c1ccccc1. The molecule has 0 fully saturated rings. The molecule has 0 bridgehead atoms. The molecule has 0 unspecified atom stereocenters. The maximum Gasteiger partial charge on any atom is 0.279 e. The van der Waals surface area contributed by atoms with E-state index in [0.717, 1.165) is 17.2 Å². The number of hydrogen-bond acceptors (Lipinski definition) is 0. The Bertz CT molecular complexity index is 680. The van der Waals surface area contributed by atoms with Crippen LogP contribution in [0.3, 0.4) is 0 Å². The molecule has 0 aromatic heterocycles. The van der Waals surface area contributed by atoms with Gasteiger partial charge in [0.05, 0.1) is 7.05 Å². The molecule has 112 valence electrons. The molecule has 2 aromatic carbocycles. The molecule has 0 heterocycles. The number of rotatable bonds is 4. The van der Waals surface area contributed by atoms with Gasteiger partial charge in [0.25, 0.3) is 5.84 Å². The van der Waals surface area contributed by atoms with Gasteiger partial charge in [-0.3, -0.25) is 0 Å². The van der Waals surface area contributed by atoms with Crippen molar-refractivity contribution < 1.29 is 4.58 Å². The van der Waals surface area contributed by atoms with Crippen LogP contribution in [0, 0.1) is 0 Å². The van der Waals surface area contributed by atoms with Crippen molar-refractivity contribution in [1.29, 1.82) is 0 Å². The smallest absolute Gasteiger partial charge is 0.241 e. The zero-order valence-corrected chi connectivity index (χ0v) is 13.5. The standard InChI is InChI=1S/C20H22N2/c1-4-11-17(2)16-20(21-18-12-7-5-8-13-18)22(3)19-14-9-6-10-15-19/h4-16H,1-3H3/p+1. The van der Waals surface area contributed by atoms with Crippen molar-refractivity contribution in [2.24, 2.45) is 0 Å². The lowest BCUT2D eigenvalue weighted by Gasteiger charge is -2.07. The summed E-state index contributed by atoms with van der Waals surface area (Å²) >= 11 is 0. The first-order valence-electron chi connectivity index (χ1n) is 7.49. The average Bonchev–Trinajstić information content (AvgIpc) is 2.55. The maximum atomic E-state index is 3.50. The van der Waals surface area contributed by atoms with Crippen LogP contribution < -0.4 is 5.32 Å². The first kappa shape index (κ1) is 15.8. The van der Waals surface area contributed by atoms with E-state index in [9.17, 15) is 0 Å². The third-order valence-electron chi connectivity index (χ3n) is 3.34. The molecular weight excluding hydrogens is 268 g/mol. The van der Waals surface area contributed by atoms with Crippen LogP contribution in [0.25, 0.3) is 0 Å². The molecule has 2 rings (SSSR count). The lowest BCUT2D eigenvalue weighted by Crippen LogP contribution is -2.20. The van der Waals surface area contributed by atoms with E-state index in [1.165, 1.54) is 5.57 Å². The third-order valence-corrected chi connectivity index (χ3v) is 3.34. The predicted octanol–water partition coefficient (Wildman–Crippen LogP) is 4.99. The molecule has 2 heteroatoms. The Kier molecular flexibility index (Phi) is 5.73. The summed E-state index contributed by atoms with van der Waals surface area (Å²) in [4.78, 5) is 0. The van der Waals surface area contributed by atoms with E-state index >= 15 is 0 Å². The van der Waals surface area contributed by atoms with Gasteiger partial charge in [-0.15, -0.1) is 0 Å². The number of benzene rings is 2. The minimum Gasteiger partial charge on any atom is -0.241 e. The van der Waals surface area contributed by atoms with Gasteiger partial charge in [0.1, 0.15) is 11.4 Å². The van der Waals surface area contributed by atoms with Crippen molar-refractivity contribution in [2.45, 2.75) is 13.8 Å². The highest BCUT2D eigenvalue weighted by Crippen LogP contribution is 2.12. The van der Waals surface area contributed by atoms with E-state index in [0.29, 0.717) is 0 Å². The number of allylic oxidation sites excluding steroid dienone is 3. The fourth-order valence-electron chi connectivity index (χ4n) is 2.20. The van der Waals surface area contributed by atoms with E-state index in [4.69, 9.17) is 0 Å². The molecule has 0 aliphatic carbocycles. The number of nitrogens with one attached hydrogen (secondary N) is 1. The highest BCUT2D eigenvalue weighted by atomic mass is 15.1. The topological polar surface area (TPSA) is 15.0 Å². The maximum absolute atomic E-state index is 3.50. The summed E-state index contributed by atoms with van der Waals surface area (Å²) in [7, 11) is 2.07. The van der Waals surface area contributed by atoms with Crippen molar-refractivity contribution in [1.82, 2.24) is 0 Å². The fraction of sp³-hybridized carbons (Fsp3) is 0.150. The second-order valence-electron chi connectivity index (χ2n) is 5.16. The predicted molar refractivity (Wildman–Crippen MR) is 95.9 cm³/mol. The van der Waals surface area contributed by atoms with Crippen LogP contribution in [0.5, 0.6) is 0 Å². The summed E-state index contributed by atoms with van der Waals surface area (Å²) in [6, 6.07) is 20.6. The number of nitrogens with zero attached hydrogens (tertiary/aromatic N) is 1.